The molecular formula is C35H39N3O4. The highest BCUT2D eigenvalue weighted by atomic mass is 16.6. The summed E-state index contributed by atoms with van der Waals surface area (Å²) in [7, 11) is 0. The van der Waals surface area contributed by atoms with Gasteiger partial charge in [-0.25, -0.2) is 0 Å². The third kappa shape index (κ3) is 8.40. The molecule has 1 saturated heterocycles. The number of piperidine rings is 1. The van der Waals surface area contributed by atoms with E-state index in [0.29, 0.717) is 25.0 Å². The van der Waals surface area contributed by atoms with Gasteiger partial charge < -0.3 is 14.2 Å². The number of benzene rings is 2. The number of hydrogen-bond donors (Lipinski definition) is 0. The van der Waals surface area contributed by atoms with E-state index in [1.54, 1.807) is 0 Å². The van der Waals surface area contributed by atoms with E-state index >= 15 is 0 Å². The van der Waals surface area contributed by atoms with Crippen molar-refractivity contribution in [3.8, 4) is 22.9 Å². The van der Waals surface area contributed by atoms with Gasteiger partial charge in [0.2, 0.25) is 11.8 Å². The summed E-state index contributed by atoms with van der Waals surface area (Å²) in [5.41, 5.74) is 4.45. The first kappa shape index (κ1) is 29.3. The number of hydrogen-bond acceptors (Lipinski definition) is 7. The summed E-state index contributed by atoms with van der Waals surface area (Å²) in [6.07, 6.45) is 3.48. The molecular weight excluding hydrogens is 526 g/mol. The van der Waals surface area contributed by atoms with Crippen molar-refractivity contribution >= 4 is 5.97 Å². The number of ether oxygens (including phenoxy) is 3. The second-order valence-electron chi connectivity index (χ2n) is 11.7. The lowest BCUT2D eigenvalue weighted by atomic mass is 9.96. The van der Waals surface area contributed by atoms with E-state index in [0.717, 1.165) is 60.4 Å². The van der Waals surface area contributed by atoms with Gasteiger partial charge in [-0.2, -0.15) is 4.98 Å². The molecule has 2 aromatic carbocycles. The quantitative estimate of drug-likeness (QED) is 0.195. The number of carbonyl (C=O) groups is 1. The van der Waals surface area contributed by atoms with Crippen LogP contribution in [0.1, 0.15) is 50.4 Å². The number of likely N-dealkylation sites (tertiary alicyclic amines) is 1. The molecule has 7 heteroatoms. The largest absolute Gasteiger partial charge is 0.473 e. The summed E-state index contributed by atoms with van der Waals surface area (Å²) in [6, 6.07) is 28.0. The van der Waals surface area contributed by atoms with Crippen LogP contribution in [0.25, 0.3) is 11.1 Å². The molecule has 1 fully saturated rings. The number of carbonyl (C=O) groups excluding carboxylic acids is 1. The summed E-state index contributed by atoms with van der Waals surface area (Å²) in [4.78, 5) is 24.3. The fourth-order valence-corrected chi connectivity index (χ4v) is 4.91. The second-order valence-corrected chi connectivity index (χ2v) is 11.7. The number of aromatic nitrogens is 2. The predicted molar refractivity (Wildman–Crippen MR) is 163 cm³/mol. The monoisotopic (exact) mass is 565 g/mol. The topological polar surface area (TPSA) is 73.8 Å². The van der Waals surface area contributed by atoms with Gasteiger partial charge in [-0.15, -0.1) is 0 Å². The Bertz CT molecular complexity index is 1430. The average Bonchev–Trinajstić information content (AvgIpc) is 3.00. The van der Waals surface area contributed by atoms with Crippen molar-refractivity contribution < 1.29 is 19.0 Å². The molecule has 0 spiro atoms. The minimum atomic E-state index is -0.447. The summed E-state index contributed by atoms with van der Waals surface area (Å²) in [5.74, 6) is 0.894. The number of nitrogens with zero attached hydrogens (tertiary/aromatic N) is 3. The SMILES string of the molecule is CC(C)(C)OC(=O)C1CCN(Cc2ccc(-c3ccc(OCc4ccccc4)nc3OCc3ccccc3)cn2)CC1. The maximum Gasteiger partial charge on any atom is 0.309 e. The van der Waals surface area contributed by atoms with Gasteiger partial charge in [-0.1, -0.05) is 66.7 Å². The molecule has 1 aliphatic rings. The summed E-state index contributed by atoms with van der Waals surface area (Å²) < 4.78 is 17.8. The van der Waals surface area contributed by atoms with E-state index in [9.17, 15) is 4.79 Å². The molecule has 218 valence electrons. The highest BCUT2D eigenvalue weighted by Crippen LogP contribution is 2.31. The highest BCUT2D eigenvalue weighted by molar-refractivity contribution is 5.73. The maximum absolute atomic E-state index is 12.5. The lowest BCUT2D eigenvalue weighted by Gasteiger charge is -2.32. The molecule has 0 saturated carbocycles. The maximum atomic E-state index is 12.5. The Morgan fingerprint density at radius 1 is 0.833 bits per heavy atom. The number of rotatable bonds is 10. The molecule has 3 heterocycles. The predicted octanol–water partition coefficient (Wildman–Crippen LogP) is 6.86. The van der Waals surface area contributed by atoms with Crippen LogP contribution in [0.2, 0.25) is 0 Å². The summed E-state index contributed by atoms with van der Waals surface area (Å²) in [6.45, 7) is 9.00. The highest BCUT2D eigenvalue weighted by Gasteiger charge is 2.29. The van der Waals surface area contributed by atoms with E-state index in [1.807, 2.05) is 99.8 Å². The third-order valence-corrected chi connectivity index (χ3v) is 7.13. The van der Waals surface area contributed by atoms with Crippen LogP contribution in [0.4, 0.5) is 0 Å². The van der Waals surface area contributed by atoms with Crippen LogP contribution in [0.5, 0.6) is 11.8 Å². The van der Waals surface area contributed by atoms with E-state index in [-0.39, 0.29) is 11.9 Å². The number of esters is 1. The van der Waals surface area contributed by atoms with Crippen molar-refractivity contribution in [2.24, 2.45) is 5.92 Å². The number of pyridine rings is 2. The molecule has 42 heavy (non-hydrogen) atoms. The van der Waals surface area contributed by atoms with Crippen LogP contribution in [0, 0.1) is 5.92 Å². The Morgan fingerprint density at radius 2 is 1.48 bits per heavy atom. The minimum absolute atomic E-state index is 0.0303. The summed E-state index contributed by atoms with van der Waals surface area (Å²) >= 11 is 0. The average molecular weight is 566 g/mol. The van der Waals surface area contributed by atoms with Gasteiger partial charge >= 0.3 is 5.97 Å². The molecule has 5 rings (SSSR count). The zero-order valence-electron chi connectivity index (χ0n) is 24.7. The Labute approximate surface area is 248 Å². The Hall–Kier alpha value is -4.23. The van der Waals surface area contributed by atoms with Crippen molar-refractivity contribution in [3.63, 3.8) is 0 Å². The van der Waals surface area contributed by atoms with Crippen molar-refractivity contribution in [3.05, 3.63) is 108 Å². The van der Waals surface area contributed by atoms with Gasteiger partial charge in [-0.05, 0) is 70.0 Å². The zero-order chi connectivity index (χ0) is 29.4. The first-order valence-corrected chi connectivity index (χ1v) is 14.6. The Kier molecular flexibility index (Phi) is 9.49. The molecule has 0 unspecified atom stereocenters. The Balaban J connectivity index is 1.24. The van der Waals surface area contributed by atoms with E-state index in [2.05, 4.69) is 17.0 Å². The van der Waals surface area contributed by atoms with Crippen LogP contribution in [-0.2, 0) is 29.3 Å². The minimum Gasteiger partial charge on any atom is -0.473 e. The Morgan fingerprint density at radius 3 is 2.07 bits per heavy atom. The lowest BCUT2D eigenvalue weighted by Crippen LogP contribution is -2.38. The van der Waals surface area contributed by atoms with E-state index in [1.165, 1.54) is 0 Å². The molecule has 4 aromatic rings. The van der Waals surface area contributed by atoms with Gasteiger partial charge in [0, 0.05) is 29.9 Å². The first-order chi connectivity index (χ1) is 20.3. The molecule has 2 aromatic heterocycles. The standard InChI is InChI=1S/C35H39N3O4/c1-35(2,3)42-34(39)28-18-20-38(21-19-28)23-30-15-14-29(22-36-30)31-16-17-32(40-24-26-10-6-4-7-11-26)37-33(31)41-25-27-12-8-5-9-13-27/h4-17,22,28H,18-21,23-25H2,1-3H3. The van der Waals surface area contributed by atoms with Crippen LogP contribution in [0.3, 0.4) is 0 Å². The van der Waals surface area contributed by atoms with Gasteiger partial charge in [-0.3, -0.25) is 14.7 Å². The fraction of sp³-hybridized carbons (Fsp3) is 0.343. The first-order valence-electron chi connectivity index (χ1n) is 14.6. The van der Waals surface area contributed by atoms with Crippen molar-refractivity contribution in [2.45, 2.75) is 59.0 Å². The van der Waals surface area contributed by atoms with Gasteiger partial charge in [0.05, 0.1) is 11.6 Å². The van der Waals surface area contributed by atoms with Gasteiger partial charge in [0.15, 0.2) is 0 Å². The van der Waals surface area contributed by atoms with Gasteiger partial charge in [0.25, 0.3) is 0 Å². The third-order valence-electron chi connectivity index (χ3n) is 7.13. The molecule has 0 atom stereocenters. The second kappa shape index (κ2) is 13.6. The zero-order valence-corrected chi connectivity index (χ0v) is 24.7. The fourth-order valence-electron chi connectivity index (χ4n) is 4.91. The molecule has 0 radical (unpaired) electrons. The molecule has 0 amide bonds. The normalized spacial score (nSPS) is 14.4. The van der Waals surface area contributed by atoms with Crippen LogP contribution in [-0.4, -0.2) is 39.5 Å². The van der Waals surface area contributed by atoms with E-state index < -0.39 is 5.60 Å². The van der Waals surface area contributed by atoms with Crippen LogP contribution in [0.15, 0.2) is 91.1 Å². The summed E-state index contributed by atoms with van der Waals surface area (Å²) in [5, 5.41) is 0. The molecule has 7 nitrogen and oxygen atoms in total. The van der Waals surface area contributed by atoms with Crippen molar-refractivity contribution in [1.82, 2.24) is 14.9 Å². The van der Waals surface area contributed by atoms with Crippen molar-refractivity contribution in [1.29, 1.82) is 0 Å². The molecule has 0 aliphatic carbocycles. The lowest BCUT2D eigenvalue weighted by molar-refractivity contribution is -0.161. The molecule has 0 N–H and O–H groups in total. The van der Waals surface area contributed by atoms with Crippen LogP contribution >= 0.6 is 0 Å². The molecule has 0 bridgehead atoms. The van der Waals surface area contributed by atoms with E-state index in [4.69, 9.17) is 24.2 Å². The smallest absolute Gasteiger partial charge is 0.309 e. The van der Waals surface area contributed by atoms with Gasteiger partial charge in [0.1, 0.15) is 18.8 Å². The molecule has 1 aliphatic heterocycles. The van der Waals surface area contributed by atoms with Crippen LogP contribution < -0.4 is 9.47 Å². The van der Waals surface area contributed by atoms with Crippen molar-refractivity contribution in [2.75, 3.05) is 13.1 Å².